The lowest BCUT2D eigenvalue weighted by molar-refractivity contribution is -0.123. The third kappa shape index (κ3) is 7.18. The highest BCUT2D eigenvalue weighted by Gasteiger charge is 2.23. The Balaban J connectivity index is 1.47. The third-order valence-corrected chi connectivity index (χ3v) is 7.38. The summed E-state index contributed by atoms with van der Waals surface area (Å²) < 4.78 is 38.3. The summed E-state index contributed by atoms with van der Waals surface area (Å²) in [5.74, 6) is 0.323. The molecule has 1 N–H and O–H groups in total. The van der Waals surface area contributed by atoms with Crippen molar-refractivity contribution in [1.29, 1.82) is 0 Å². The standard InChI is InChI=1S/C24H33N3O5S/c1-3-27(33(29,30)23-11-5-20(2)6-12-23)21-7-9-22(10-8-21)32-19-24(28)25-13-4-14-26-15-17-31-18-16-26/h5-12H,3-4,13-19H2,1-2H3,(H,25,28). The van der Waals surface area contributed by atoms with E-state index in [0.29, 0.717) is 24.5 Å². The van der Waals surface area contributed by atoms with Gasteiger partial charge in [0.15, 0.2) is 6.61 Å². The number of anilines is 1. The number of rotatable bonds is 11. The Morgan fingerprint density at radius 2 is 1.76 bits per heavy atom. The first-order valence-electron chi connectivity index (χ1n) is 11.3. The van der Waals surface area contributed by atoms with Gasteiger partial charge < -0.3 is 14.8 Å². The Kier molecular flexibility index (Phi) is 9.11. The number of benzene rings is 2. The SMILES string of the molecule is CCN(c1ccc(OCC(=O)NCCCN2CCOCC2)cc1)S(=O)(=O)c1ccc(C)cc1. The van der Waals surface area contributed by atoms with Crippen molar-refractivity contribution in [3.8, 4) is 5.75 Å². The molecule has 0 aliphatic carbocycles. The van der Waals surface area contributed by atoms with Crippen LogP contribution in [0.4, 0.5) is 5.69 Å². The number of nitrogens with one attached hydrogen (secondary N) is 1. The molecule has 0 spiro atoms. The Bertz CT molecular complexity index is 988. The Labute approximate surface area is 196 Å². The molecule has 8 nitrogen and oxygen atoms in total. The van der Waals surface area contributed by atoms with Crippen molar-refractivity contribution in [2.24, 2.45) is 0 Å². The van der Waals surface area contributed by atoms with E-state index in [4.69, 9.17) is 9.47 Å². The lowest BCUT2D eigenvalue weighted by Crippen LogP contribution is -2.38. The van der Waals surface area contributed by atoms with Crippen LogP contribution in [0.1, 0.15) is 18.9 Å². The fourth-order valence-corrected chi connectivity index (χ4v) is 5.07. The maximum Gasteiger partial charge on any atom is 0.264 e. The second-order valence-corrected chi connectivity index (χ2v) is 9.79. The quantitative estimate of drug-likeness (QED) is 0.502. The highest BCUT2D eigenvalue weighted by atomic mass is 32.2. The molecular weight excluding hydrogens is 442 g/mol. The van der Waals surface area contributed by atoms with Crippen LogP contribution >= 0.6 is 0 Å². The van der Waals surface area contributed by atoms with E-state index in [1.807, 2.05) is 6.92 Å². The Hall–Kier alpha value is -2.62. The average molecular weight is 476 g/mol. The maximum atomic E-state index is 13.0. The normalized spacial score (nSPS) is 14.6. The van der Waals surface area contributed by atoms with Gasteiger partial charge in [-0.15, -0.1) is 0 Å². The van der Waals surface area contributed by atoms with E-state index < -0.39 is 10.0 Å². The van der Waals surface area contributed by atoms with Crippen molar-refractivity contribution < 1.29 is 22.7 Å². The van der Waals surface area contributed by atoms with Crippen molar-refractivity contribution in [1.82, 2.24) is 10.2 Å². The number of sulfonamides is 1. The molecule has 0 radical (unpaired) electrons. The van der Waals surface area contributed by atoms with E-state index in [-0.39, 0.29) is 17.4 Å². The van der Waals surface area contributed by atoms with Crippen molar-refractivity contribution in [2.45, 2.75) is 25.2 Å². The second-order valence-electron chi connectivity index (χ2n) is 7.92. The molecule has 33 heavy (non-hydrogen) atoms. The predicted octanol–water partition coefficient (Wildman–Crippen LogP) is 2.43. The van der Waals surface area contributed by atoms with E-state index in [9.17, 15) is 13.2 Å². The zero-order valence-electron chi connectivity index (χ0n) is 19.3. The molecule has 2 aromatic carbocycles. The summed E-state index contributed by atoms with van der Waals surface area (Å²) in [5.41, 5.74) is 1.54. The number of carbonyl (C=O) groups excluding carboxylic acids is 1. The average Bonchev–Trinajstić information content (AvgIpc) is 2.82. The van der Waals surface area contributed by atoms with Crippen LogP contribution in [0.25, 0.3) is 0 Å². The maximum absolute atomic E-state index is 13.0. The lowest BCUT2D eigenvalue weighted by Gasteiger charge is -2.26. The topological polar surface area (TPSA) is 88.2 Å². The predicted molar refractivity (Wildman–Crippen MR) is 128 cm³/mol. The molecule has 1 heterocycles. The van der Waals surface area contributed by atoms with Gasteiger partial charge in [0, 0.05) is 26.2 Å². The van der Waals surface area contributed by atoms with Crippen LogP contribution in [-0.4, -0.2) is 71.8 Å². The van der Waals surface area contributed by atoms with Gasteiger partial charge in [-0.25, -0.2) is 8.42 Å². The second kappa shape index (κ2) is 12.0. The molecule has 1 aliphatic heterocycles. The minimum Gasteiger partial charge on any atom is -0.484 e. The van der Waals surface area contributed by atoms with Crippen molar-refractivity contribution >= 4 is 21.6 Å². The molecule has 1 amide bonds. The van der Waals surface area contributed by atoms with Gasteiger partial charge in [-0.3, -0.25) is 14.0 Å². The first-order chi connectivity index (χ1) is 15.9. The van der Waals surface area contributed by atoms with E-state index in [2.05, 4.69) is 10.2 Å². The first-order valence-corrected chi connectivity index (χ1v) is 12.7. The molecule has 180 valence electrons. The fourth-order valence-electron chi connectivity index (χ4n) is 3.59. The number of hydrogen-bond donors (Lipinski definition) is 1. The van der Waals surface area contributed by atoms with Gasteiger partial charge >= 0.3 is 0 Å². The summed E-state index contributed by atoms with van der Waals surface area (Å²) in [6.07, 6.45) is 0.878. The number of ether oxygens (including phenoxy) is 2. The largest absolute Gasteiger partial charge is 0.484 e. The van der Waals surface area contributed by atoms with Crippen LogP contribution < -0.4 is 14.4 Å². The molecule has 2 aromatic rings. The van der Waals surface area contributed by atoms with E-state index in [0.717, 1.165) is 44.8 Å². The highest BCUT2D eigenvalue weighted by Crippen LogP contribution is 2.25. The monoisotopic (exact) mass is 475 g/mol. The van der Waals surface area contributed by atoms with Gasteiger partial charge in [0.2, 0.25) is 0 Å². The minimum absolute atomic E-state index is 0.0872. The van der Waals surface area contributed by atoms with Crippen molar-refractivity contribution in [2.75, 3.05) is 56.8 Å². The Morgan fingerprint density at radius 3 is 2.39 bits per heavy atom. The minimum atomic E-state index is -3.66. The third-order valence-electron chi connectivity index (χ3n) is 5.47. The zero-order chi connectivity index (χ0) is 23.7. The molecule has 0 unspecified atom stereocenters. The first kappa shape index (κ1) is 25.0. The molecule has 1 fully saturated rings. The molecular formula is C24H33N3O5S. The molecule has 0 aromatic heterocycles. The molecule has 9 heteroatoms. The molecule has 0 atom stereocenters. The molecule has 3 rings (SSSR count). The Morgan fingerprint density at radius 1 is 1.09 bits per heavy atom. The van der Waals surface area contributed by atoms with Gasteiger partial charge in [-0.05, 0) is 63.2 Å². The molecule has 0 saturated carbocycles. The number of morpholine rings is 1. The summed E-state index contributed by atoms with van der Waals surface area (Å²) >= 11 is 0. The van der Waals surface area contributed by atoms with Gasteiger partial charge in [-0.1, -0.05) is 17.7 Å². The van der Waals surface area contributed by atoms with Crippen LogP contribution in [0.3, 0.4) is 0 Å². The van der Waals surface area contributed by atoms with Gasteiger partial charge in [-0.2, -0.15) is 0 Å². The molecule has 1 saturated heterocycles. The van der Waals surface area contributed by atoms with Crippen molar-refractivity contribution in [3.63, 3.8) is 0 Å². The number of nitrogens with zero attached hydrogens (tertiary/aromatic N) is 2. The van der Waals surface area contributed by atoms with Crippen LogP contribution in [0.15, 0.2) is 53.4 Å². The summed E-state index contributed by atoms with van der Waals surface area (Å²) in [6, 6.07) is 13.5. The van der Waals surface area contributed by atoms with E-state index in [1.165, 1.54) is 4.31 Å². The van der Waals surface area contributed by atoms with Crippen LogP contribution in [0.2, 0.25) is 0 Å². The highest BCUT2D eigenvalue weighted by molar-refractivity contribution is 7.92. The summed E-state index contributed by atoms with van der Waals surface area (Å²) in [4.78, 5) is 14.6. The van der Waals surface area contributed by atoms with Gasteiger partial charge in [0.05, 0.1) is 23.8 Å². The summed E-state index contributed by atoms with van der Waals surface area (Å²) in [6.45, 7) is 8.87. The number of amides is 1. The van der Waals surface area contributed by atoms with Crippen molar-refractivity contribution in [3.05, 3.63) is 54.1 Å². The number of hydrogen-bond acceptors (Lipinski definition) is 6. The summed E-state index contributed by atoms with van der Waals surface area (Å²) in [7, 11) is -3.66. The number of carbonyl (C=O) groups is 1. The van der Waals surface area contributed by atoms with Crippen LogP contribution in [0, 0.1) is 6.92 Å². The smallest absolute Gasteiger partial charge is 0.264 e. The van der Waals surface area contributed by atoms with Crippen LogP contribution in [-0.2, 0) is 19.6 Å². The van der Waals surface area contributed by atoms with E-state index >= 15 is 0 Å². The fraction of sp³-hybridized carbons (Fsp3) is 0.458. The molecule has 0 bridgehead atoms. The van der Waals surface area contributed by atoms with Crippen LogP contribution in [0.5, 0.6) is 5.75 Å². The number of aryl methyl sites for hydroxylation is 1. The zero-order valence-corrected chi connectivity index (χ0v) is 20.1. The van der Waals surface area contributed by atoms with Gasteiger partial charge in [0.1, 0.15) is 5.75 Å². The summed E-state index contributed by atoms with van der Waals surface area (Å²) in [5, 5.41) is 2.86. The van der Waals surface area contributed by atoms with E-state index in [1.54, 1.807) is 55.5 Å². The van der Waals surface area contributed by atoms with Gasteiger partial charge in [0.25, 0.3) is 15.9 Å². The lowest BCUT2D eigenvalue weighted by atomic mass is 10.2. The molecule has 1 aliphatic rings.